The van der Waals surface area contributed by atoms with Crippen LogP contribution in [0.5, 0.6) is 0 Å². The number of anilines is 1. The summed E-state index contributed by atoms with van der Waals surface area (Å²) in [6.07, 6.45) is 5.37. The molecule has 0 atom stereocenters. The summed E-state index contributed by atoms with van der Waals surface area (Å²) in [5, 5.41) is 8.87. The molecule has 0 aliphatic rings. The fourth-order valence-electron chi connectivity index (χ4n) is 3.01. The summed E-state index contributed by atoms with van der Waals surface area (Å²) in [5.74, 6) is -0.0511. The van der Waals surface area contributed by atoms with Gasteiger partial charge in [0, 0.05) is 30.4 Å². The van der Waals surface area contributed by atoms with E-state index in [9.17, 15) is 9.59 Å². The van der Waals surface area contributed by atoms with E-state index in [1.165, 1.54) is 10.9 Å². The number of carbonyl (C=O) groups is 1. The second kappa shape index (κ2) is 8.20. The highest BCUT2D eigenvalue weighted by molar-refractivity contribution is 6.30. The van der Waals surface area contributed by atoms with Crippen LogP contribution in [-0.4, -0.2) is 25.7 Å². The molecule has 144 valence electrons. The van der Waals surface area contributed by atoms with Gasteiger partial charge in [-0.05, 0) is 35.9 Å². The van der Waals surface area contributed by atoms with E-state index < -0.39 is 5.91 Å². The highest BCUT2D eigenvalue weighted by atomic mass is 35.5. The molecule has 0 unspecified atom stereocenters. The highest BCUT2D eigenvalue weighted by Gasteiger charge is 2.14. The first kappa shape index (κ1) is 18.8. The molecule has 0 aliphatic carbocycles. The Kier molecular flexibility index (Phi) is 5.31. The first-order valence-corrected chi connectivity index (χ1v) is 9.27. The van der Waals surface area contributed by atoms with Crippen molar-refractivity contribution in [1.29, 1.82) is 0 Å². The van der Waals surface area contributed by atoms with Crippen molar-refractivity contribution >= 4 is 34.1 Å². The third kappa shape index (κ3) is 4.30. The van der Waals surface area contributed by atoms with Crippen LogP contribution in [0.2, 0.25) is 5.02 Å². The molecule has 0 bridgehead atoms. The minimum atomic E-state index is -0.403. The number of hydrogen-bond donors (Lipinski definition) is 1. The standard InChI is InChI=1S/C21H16ClN5O2/c22-15-5-6-19(24-12-15)25-20(28)13-27-21(29)17-4-2-1-3-16(17)18(26-27)11-14-7-9-23-10-8-14/h1-10,12H,11,13H2,(H,24,25,28). The van der Waals surface area contributed by atoms with E-state index in [1.807, 2.05) is 24.3 Å². The van der Waals surface area contributed by atoms with Gasteiger partial charge < -0.3 is 5.32 Å². The number of benzene rings is 1. The molecule has 29 heavy (non-hydrogen) atoms. The van der Waals surface area contributed by atoms with Crippen molar-refractivity contribution in [3.8, 4) is 0 Å². The molecule has 3 heterocycles. The number of hydrogen-bond acceptors (Lipinski definition) is 5. The number of carbonyl (C=O) groups excluding carboxylic acids is 1. The minimum absolute atomic E-state index is 0.225. The third-order valence-corrected chi connectivity index (χ3v) is 4.58. The number of fused-ring (bicyclic) bond motifs is 1. The van der Waals surface area contributed by atoms with Gasteiger partial charge in [0.25, 0.3) is 5.56 Å². The van der Waals surface area contributed by atoms with E-state index in [4.69, 9.17) is 11.6 Å². The zero-order chi connectivity index (χ0) is 20.2. The van der Waals surface area contributed by atoms with E-state index in [0.29, 0.717) is 28.3 Å². The van der Waals surface area contributed by atoms with E-state index in [2.05, 4.69) is 20.4 Å². The Hall–Kier alpha value is -3.58. The van der Waals surface area contributed by atoms with Gasteiger partial charge in [0.1, 0.15) is 12.4 Å². The van der Waals surface area contributed by atoms with Crippen LogP contribution in [-0.2, 0) is 17.8 Å². The van der Waals surface area contributed by atoms with Gasteiger partial charge in [-0.2, -0.15) is 5.10 Å². The van der Waals surface area contributed by atoms with Crippen molar-refractivity contribution in [2.75, 3.05) is 5.32 Å². The molecule has 0 aliphatic heterocycles. The van der Waals surface area contributed by atoms with E-state index in [0.717, 1.165) is 10.9 Å². The number of pyridine rings is 2. The molecular weight excluding hydrogens is 390 g/mol. The normalized spacial score (nSPS) is 10.8. The lowest BCUT2D eigenvalue weighted by molar-refractivity contribution is -0.117. The maximum absolute atomic E-state index is 12.8. The predicted molar refractivity (Wildman–Crippen MR) is 111 cm³/mol. The predicted octanol–water partition coefficient (Wildman–Crippen LogP) is 3.07. The van der Waals surface area contributed by atoms with Crippen LogP contribution >= 0.6 is 11.6 Å². The third-order valence-electron chi connectivity index (χ3n) is 4.35. The van der Waals surface area contributed by atoms with Gasteiger partial charge in [-0.1, -0.05) is 29.8 Å². The van der Waals surface area contributed by atoms with Crippen LogP contribution in [0.1, 0.15) is 11.3 Å². The number of halogens is 1. The zero-order valence-electron chi connectivity index (χ0n) is 15.2. The molecule has 0 saturated carbocycles. The van der Waals surface area contributed by atoms with E-state index in [-0.39, 0.29) is 12.1 Å². The smallest absolute Gasteiger partial charge is 0.275 e. The zero-order valence-corrected chi connectivity index (χ0v) is 16.0. The van der Waals surface area contributed by atoms with Crippen molar-refractivity contribution < 1.29 is 4.79 Å². The Bertz CT molecular complexity index is 1220. The molecule has 0 spiro atoms. The van der Waals surface area contributed by atoms with Crippen molar-refractivity contribution in [1.82, 2.24) is 19.7 Å². The van der Waals surface area contributed by atoms with Gasteiger partial charge >= 0.3 is 0 Å². The summed E-state index contributed by atoms with van der Waals surface area (Å²) in [5.41, 5.74) is 1.40. The van der Waals surface area contributed by atoms with Crippen LogP contribution < -0.4 is 10.9 Å². The summed E-state index contributed by atoms with van der Waals surface area (Å²) >= 11 is 5.80. The molecule has 4 aromatic rings. The molecule has 8 heteroatoms. The molecule has 0 fully saturated rings. The average molecular weight is 406 g/mol. The van der Waals surface area contributed by atoms with Crippen LogP contribution in [0.4, 0.5) is 5.82 Å². The lowest BCUT2D eigenvalue weighted by atomic mass is 10.1. The molecule has 1 amide bonds. The topological polar surface area (TPSA) is 89.8 Å². The first-order valence-electron chi connectivity index (χ1n) is 8.89. The Morgan fingerprint density at radius 1 is 1.03 bits per heavy atom. The van der Waals surface area contributed by atoms with Crippen LogP contribution in [0.3, 0.4) is 0 Å². The molecule has 3 aromatic heterocycles. The maximum atomic E-state index is 12.8. The van der Waals surface area contributed by atoms with E-state index >= 15 is 0 Å². The monoisotopic (exact) mass is 405 g/mol. The number of aromatic nitrogens is 4. The maximum Gasteiger partial charge on any atom is 0.275 e. The largest absolute Gasteiger partial charge is 0.309 e. The van der Waals surface area contributed by atoms with Gasteiger partial charge in [-0.15, -0.1) is 0 Å². The van der Waals surface area contributed by atoms with Gasteiger partial charge in [0.15, 0.2) is 0 Å². The number of rotatable bonds is 5. The summed E-state index contributed by atoms with van der Waals surface area (Å²) in [7, 11) is 0. The minimum Gasteiger partial charge on any atom is -0.309 e. The number of nitrogens with zero attached hydrogens (tertiary/aromatic N) is 4. The van der Waals surface area contributed by atoms with Crippen molar-refractivity contribution in [3.63, 3.8) is 0 Å². The summed E-state index contributed by atoms with van der Waals surface area (Å²) < 4.78 is 1.18. The number of amides is 1. The van der Waals surface area contributed by atoms with Crippen molar-refractivity contribution in [2.45, 2.75) is 13.0 Å². The second-order valence-corrected chi connectivity index (χ2v) is 6.83. The van der Waals surface area contributed by atoms with Gasteiger partial charge in [0.05, 0.1) is 16.1 Å². The van der Waals surface area contributed by atoms with Crippen molar-refractivity contribution in [2.24, 2.45) is 0 Å². The quantitative estimate of drug-likeness (QED) is 0.551. The Morgan fingerprint density at radius 2 is 1.79 bits per heavy atom. The van der Waals surface area contributed by atoms with Crippen LogP contribution in [0.25, 0.3) is 10.8 Å². The molecule has 1 aromatic carbocycles. The molecule has 7 nitrogen and oxygen atoms in total. The Balaban J connectivity index is 1.66. The SMILES string of the molecule is O=C(Cn1nc(Cc2ccncc2)c2ccccc2c1=O)Nc1ccc(Cl)cn1. The summed E-state index contributed by atoms with van der Waals surface area (Å²) in [6.45, 7) is -0.225. The lowest BCUT2D eigenvalue weighted by Gasteiger charge is -2.11. The molecule has 1 N–H and O–H groups in total. The molecule has 4 rings (SSSR count). The van der Waals surface area contributed by atoms with Gasteiger partial charge in [-0.25, -0.2) is 9.67 Å². The summed E-state index contributed by atoms with van der Waals surface area (Å²) in [6, 6.07) is 14.3. The fraction of sp³-hybridized carbons (Fsp3) is 0.0952. The molecular formula is C21H16ClN5O2. The Morgan fingerprint density at radius 3 is 2.52 bits per heavy atom. The molecule has 0 radical (unpaired) electrons. The van der Waals surface area contributed by atoms with Crippen LogP contribution in [0, 0.1) is 0 Å². The van der Waals surface area contributed by atoms with Crippen LogP contribution in [0.15, 0.2) is 71.9 Å². The fourth-order valence-corrected chi connectivity index (χ4v) is 3.12. The van der Waals surface area contributed by atoms with Crippen molar-refractivity contribution in [3.05, 3.63) is 93.8 Å². The highest BCUT2D eigenvalue weighted by Crippen LogP contribution is 2.17. The number of nitrogens with one attached hydrogen (secondary N) is 1. The lowest BCUT2D eigenvalue weighted by Crippen LogP contribution is -2.31. The van der Waals surface area contributed by atoms with Gasteiger partial charge in [-0.3, -0.25) is 14.6 Å². The first-order chi connectivity index (χ1) is 14.1. The van der Waals surface area contributed by atoms with E-state index in [1.54, 1.807) is 36.7 Å². The Labute approximate surface area is 171 Å². The summed E-state index contributed by atoms with van der Waals surface area (Å²) in [4.78, 5) is 33.3. The second-order valence-electron chi connectivity index (χ2n) is 6.40. The molecule has 0 saturated heterocycles. The average Bonchev–Trinajstić information content (AvgIpc) is 2.74. The van der Waals surface area contributed by atoms with Gasteiger partial charge in [0.2, 0.25) is 5.91 Å².